The zero-order chi connectivity index (χ0) is 11.4. The molecule has 0 aromatic carbocycles. The van der Waals surface area contributed by atoms with Crippen LogP contribution in [0.5, 0.6) is 0 Å². The summed E-state index contributed by atoms with van der Waals surface area (Å²) in [4.78, 5) is 0. The lowest BCUT2D eigenvalue weighted by atomic mass is 9.83. The zero-order valence-corrected chi connectivity index (χ0v) is 10.5. The Morgan fingerprint density at radius 1 is 1.31 bits per heavy atom. The van der Waals surface area contributed by atoms with E-state index < -0.39 is 0 Å². The van der Waals surface area contributed by atoms with Gasteiger partial charge in [-0.15, -0.1) is 0 Å². The van der Waals surface area contributed by atoms with Gasteiger partial charge in [-0.3, -0.25) is 0 Å². The second-order valence-electron chi connectivity index (χ2n) is 5.74. The summed E-state index contributed by atoms with van der Waals surface area (Å²) in [5, 5.41) is 3.67. The normalized spacial score (nSPS) is 32.4. The van der Waals surface area contributed by atoms with Gasteiger partial charge in [0, 0.05) is 19.1 Å². The SMILES string of the molecule is CCC1(CNCC2C=CC(N)C2)CCCC1. The average Bonchev–Trinajstić information content (AvgIpc) is 2.89. The Kier molecular flexibility index (Phi) is 4.04. The van der Waals surface area contributed by atoms with Crippen LogP contribution in [0.3, 0.4) is 0 Å². The van der Waals surface area contributed by atoms with Crippen molar-refractivity contribution in [2.24, 2.45) is 17.1 Å². The van der Waals surface area contributed by atoms with E-state index in [-0.39, 0.29) is 0 Å². The summed E-state index contributed by atoms with van der Waals surface area (Å²) in [5.74, 6) is 0.672. The van der Waals surface area contributed by atoms with Crippen LogP contribution in [0.2, 0.25) is 0 Å². The summed E-state index contributed by atoms with van der Waals surface area (Å²) in [5.41, 5.74) is 6.47. The van der Waals surface area contributed by atoms with Gasteiger partial charge in [-0.1, -0.05) is 31.9 Å². The molecule has 0 aromatic rings. The molecule has 0 saturated heterocycles. The zero-order valence-electron chi connectivity index (χ0n) is 10.5. The molecule has 92 valence electrons. The predicted octanol–water partition coefficient (Wildman–Crippen LogP) is 2.45. The molecule has 2 rings (SSSR count). The fraction of sp³-hybridized carbons (Fsp3) is 0.857. The Balaban J connectivity index is 1.69. The fourth-order valence-electron chi connectivity index (χ4n) is 3.26. The highest BCUT2D eigenvalue weighted by atomic mass is 14.9. The van der Waals surface area contributed by atoms with E-state index in [2.05, 4.69) is 24.4 Å². The van der Waals surface area contributed by atoms with Crippen molar-refractivity contribution in [2.45, 2.75) is 51.5 Å². The molecular weight excluding hydrogens is 196 g/mol. The molecule has 16 heavy (non-hydrogen) atoms. The average molecular weight is 222 g/mol. The minimum absolute atomic E-state index is 0.304. The Bertz CT molecular complexity index is 241. The maximum absolute atomic E-state index is 5.86. The maximum atomic E-state index is 5.86. The predicted molar refractivity (Wildman–Crippen MR) is 69.3 cm³/mol. The van der Waals surface area contributed by atoms with Crippen LogP contribution in [0.4, 0.5) is 0 Å². The summed E-state index contributed by atoms with van der Waals surface area (Å²) in [6.07, 6.45) is 12.6. The highest BCUT2D eigenvalue weighted by Gasteiger charge is 2.31. The van der Waals surface area contributed by atoms with Crippen molar-refractivity contribution in [1.29, 1.82) is 0 Å². The van der Waals surface area contributed by atoms with E-state index in [1.54, 1.807) is 0 Å². The number of hydrogen-bond donors (Lipinski definition) is 2. The number of nitrogens with one attached hydrogen (secondary N) is 1. The molecule has 2 unspecified atom stereocenters. The third-order valence-electron chi connectivity index (χ3n) is 4.53. The van der Waals surface area contributed by atoms with Crippen molar-refractivity contribution in [3.05, 3.63) is 12.2 Å². The van der Waals surface area contributed by atoms with Gasteiger partial charge in [0.25, 0.3) is 0 Å². The first-order valence-electron chi connectivity index (χ1n) is 6.89. The van der Waals surface area contributed by atoms with E-state index in [9.17, 15) is 0 Å². The molecule has 1 saturated carbocycles. The number of rotatable bonds is 5. The van der Waals surface area contributed by atoms with Gasteiger partial charge in [0.2, 0.25) is 0 Å². The van der Waals surface area contributed by atoms with Crippen LogP contribution in [0.15, 0.2) is 12.2 Å². The van der Waals surface area contributed by atoms with E-state index in [0.717, 1.165) is 13.0 Å². The summed E-state index contributed by atoms with van der Waals surface area (Å²) < 4.78 is 0. The molecular formula is C14H26N2. The summed E-state index contributed by atoms with van der Waals surface area (Å²) in [6, 6.07) is 0.304. The quantitative estimate of drug-likeness (QED) is 0.701. The Hall–Kier alpha value is -0.340. The van der Waals surface area contributed by atoms with Gasteiger partial charge >= 0.3 is 0 Å². The van der Waals surface area contributed by atoms with Crippen molar-refractivity contribution in [3.8, 4) is 0 Å². The van der Waals surface area contributed by atoms with Crippen LogP contribution in [0, 0.1) is 11.3 Å². The van der Waals surface area contributed by atoms with Crippen molar-refractivity contribution < 1.29 is 0 Å². The van der Waals surface area contributed by atoms with Crippen LogP contribution in [-0.4, -0.2) is 19.1 Å². The van der Waals surface area contributed by atoms with Gasteiger partial charge in [0.05, 0.1) is 0 Å². The number of nitrogens with two attached hydrogens (primary N) is 1. The molecule has 2 aliphatic rings. The third kappa shape index (κ3) is 2.86. The minimum atomic E-state index is 0.304. The van der Waals surface area contributed by atoms with E-state index in [1.807, 2.05) is 0 Å². The van der Waals surface area contributed by atoms with E-state index >= 15 is 0 Å². The van der Waals surface area contributed by atoms with Crippen molar-refractivity contribution in [2.75, 3.05) is 13.1 Å². The first kappa shape index (κ1) is 12.1. The van der Waals surface area contributed by atoms with Gasteiger partial charge in [-0.25, -0.2) is 0 Å². The summed E-state index contributed by atoms with van der Waals surface area (Å²) in [7, 11) is 0. The van der Waals surface area contributed by atoms with Crippen LogP contribution >= 0.6 is 0 Å². The lowest BCUT2D eigenvalue weighted by Crippen LogP contribution is -2.34. The second kappa shape index (κ2) is 5.33. The molecule has 2 nitrogen and oxygen atoms in total. The smallest absolute Gasteiger partial charge is 0.0229 e. The van der Waals surface area contributed by atoms with Crippen LogP contribution < -0.4 is 11.1 Å². The number of hydrogen-bond acceptors (Lipinski definition) is 2. The first-order chi connectivity index (χ1) is 7.74. The second-order valence-corrected chi connectivity index (χ2v) is 5.74. The lowest BCUT2D eigenvalue weighted by Gasteiger charge is -2.28. The molecule has 1 fully saturated rings. The Labute approximate surface area is 99.7 Å². The van der Waals surface area contributed by atoms with Gasteiger partial charge in [-0.05, 0) is 37.0 Å². The van der Waals surface area contributed by atoms with Crippen LogP contribution in [-0.2, 0) is 0 Å². The van der Waals surface area contributed by atoms with E-state index in [0.29, 0.717) is 17.4 Å². The molecule has 0 heterocycles. The molecule has 2 heteroatoms. The molecule has 0 amide bonds. The van der Waals surface area contributed by atoms with E-state index in [1.165, 1.54) is 38.6 Å². The summed E-state index contributed by atoms with van der Waals surface area (Å²) >= 11 is 0. The van der Waals surface area contributed by atoms with Crippen molar-refractivity contribution >= 4 is 0 Å². The molecule has 0 radical (unpaired) electrons. The third-order valence-corrected chi connectivity index (χ3v) is 4.53. The summed E-state index contributed by atoms with van der Waals surface area (Å²) in [6.45, 7) is 4.67. The van der Waals surface area contributed by atoms with Crippen molar-refractivity contribution in [1.82, 2.24) is 5.32 Å². The molecule has 0 aromatic heterocycles. The van der Waals surface area contributed by atoms with Gasteiger partial charge in [-0.2, -0.15) is 0 Å². The van der Waals surface area contributed by atoms with Gasteiger partial charge in [0.15, 0.2) is 0 Å². The molecule has 2 atom stereocenters. The fourth-order valence-corrected chi connectivity index (χ4v) is 3.26. The molecule has 0 spiro atoms. The molecule has 0 bridgehead atoms. The highest BCUT2D eigenvalue weighted by Crippen LogP contribution is 2.40. The Morgan fingerprint density at radius 3 is 2.62 bits per heavy atom. The Morgan fingerprint density at radius 2 is 2.06 bits per heavy atom. The topological polar surface area (TPSA) is 38.0 Å². The lowest BCUT2D eigenvalue weighted by molar-refractivity contribution is 0.265. The highest BCUT2D eigenvalue weighted by molar-refractivity contribution is 5.05. The van der Waals surface area contributed by atoms with E-state index in [4.69, 9.17) is 5.73 Å². The largest absolute Gasteiger partial charge is 0.324 e. The minimum Gasteiger partial charge on any atom is -0.324 e. The first-order valence-corrected chi connectivity index (χ1v) is 6.89. The molecule has 2 aliphatic carbocycles. The van der Waals surface area contributed by atoms with Gasteiger partial charge in [0.1, 0.15) is 0 Å². The van der Waals surface area contributed by atoms with Crippen LogP contribution in [0.25, 0.3) is 0 Å². The standard InChI is InChI=1S/C14H26N2/c1-2-14(7-3-4-8-14)11-16-10-12-5-6-13(15)9-12/h5-6,12-13,16H,2-4,7-11,15H2,1H3. The molecule has 0 aliphatic heterocycles. The van der Waals surface area contributed by atoms with Crippen molar-refractivity contribution in [3.63, 3.8) is 0 Å². The monoisotopic (exact) mass is 222 g/mol. The van der Waals surface area contributed by atoms with Gasteiger partial charge < -0.3 is 11.1 Å². The molecule has 3 N–H and O–H groups in total. The van der Waals surface area contributed by atoms with Crippen LogP contribution in [0.1, 0.15) is 45.4 Å². The maximum Gasteiger partial charge on any atom is 0.0229 e.